The van der Waals surface area contributed by atoms with Gasteiger partial charge in [-0.05, 0) is 25.0 Å². The molecule has 4 N–H and O–H groups in total. The zero-order valence-corrected chi connectivity index (χ0v) is 10.7. The molecule has 1 fully saturated rings. The summed E-state index contributed by atoms with van der Waals surface area (Å²) in [6.07, 6.45) is 3.96. The molecule has 104 valence electrons. The van der Waals surface area contributed by atoms with Crippen molar-refractivity contribution in [3.63, 3.8) is 0 Å². The maximum atomic E-state index is 12.0. The van der Waals surface area contributed by atoms with Crippen molar-refractivity contribution in [2.75, 3.05) is 13.2 Å². The average molecular weight is 265 g/mol. The van der Waals surface area contributed by atoms with Crippen LogP contribution in [-0.4, -0.2) is 34.4 Å². The molecule has 1 amide bonds. The number of rotatable bonds is 4. The normalized spacial score (nSPS) is 17.3. The van der Waals surface area contributed by atoms with Crippen LogP contribution in [0.5, 0.6) is 11.5 Å². The summed E-state index contributed by atoms with van der Waals surface area (Å²) in [4.78, 5) is 12.0. The Morgan fingerprint density at radius 1 is 1.26 bits per heavy atom. The molecule has 0 spiro atoms. The van der Waals surface area contributed by atoms with Crippen LogP contribution in [0.1, 0.15) is 36.0 Å². The lowest BCUT2D eigenvalue weighted by atomic mass is 9.87. The van der Waals surface area contributed by atoms with Crippen molar-refractivity contribution >= 4 is 5.91 Å². The summed E-state index contributed by atoms with van der Waals surface area (Å²) < 4.78 is 0. The SMILES string of the molecule is O=C(NCC1(CO)CCCC1)c1ccc(O)cc1O. The van der Waals surface area contributed by atoms with Crippen molar-refractivity contribution in [1.82, 2.24) is 5.32 Å². The molecule has 1 aliphatic rings. The van der Waals surface area contributed by atoms with Gasteiger partial charge < -0.3 is 20.6 Å². The van der Waals surface area contributed by atoms with E-state index in [0.29, 0.717) is 6.54 Å². The Balaban J connectivity index is 2.01. The Morgan fingerprint density at radius 3 is 2.53 bits per heavy atom. The summed E-state index contributed by atoms with van der Waals surface area (Å²) >= 11 is 0. The summed E-state index contributed by atoms with van der Waals surface area (Å²) in [5.74, 6) is -0.726. The number of amides is 1. The first-order valence-corrected chi connectivity index (χ1v) is 6.47. The lowest BCUT2D eigenvalue weighted by molar-refractivity contribution is 0.0878. The van der Waals surface area contributed by atoms with Crippen molar-refractivity contribution in [2.24, 2.45) is 5.41 Å². The van der Waals surface area contributed by atoms with Gasteiger partial charge in [0.2, 0.25) is 0 Å². The Morgan fingerprint density at radius 2 is 1.95 bits per heavy atom. The number of benzene rings is 1. The molecule has 5 nitrogen and oxygen atoms in total. The number of carbonyl (C=O) groups is 1. The van der Waals surface area contributed by atoms with Crippen molar-refractivity contribution in [3.05, 3.63) is 23.8 Å². The predicted octanol–water partition coefficient (Wildman–Crippen LogP) is 1.38. The minimum atomic E-state index is -0.391. The van der Waals surface area contributed by atoms with Gasteiger partial charge in [-0.15, -0.1) is 0 Å². The van der Waals surface area contributed by atoms with Crippen molar-refractivity contribution in [3.8, 4) is 11.5 Å². The highest BCUT2D eigenvalue weighted by Gasteiger charge is 2.33. The third kappa shape index (κ3) is 2.98. The molecule has 1 aromatic carbocycles. The van der Waals surface area contributed by atoms with Crippen molar-refractivity contribution in [1.29, 1.82) is 0 Å². The van der Waals surface area contributed by atoms with Crippen LogP contribution in [0.2, 0.25) is 0 Å². The maximum Gasteiger partial charge on any atom is 0.255 e. The van der Waals surface area contributed by atoms with E-state index >= 15 is 0 Å². The number of phenols is 2. The van der Waals surface area contributed by atoms with Gasteiger partial charge in [0.15, 0.2) is 0 Å². The van der Waals surface area contributed by atoms with Crippen molar-refractivity contribution < 1.29 is 20.1 Å². The molecule has 0 atom stereocenters. The lowest BCUT2D eigenvalue weighted by Gasteiger charge is -2.26. The third-order valence-corrected chi connectivity index (χ3v) is 3.85. The second-order valence-corrected chi connectivity index (χ2v) is 5.25. The Bertz CT molecular complexity index is 467. The summed E-state index contributed by atoms with van der Waals surface area (Å²) in [5.41, 5.74) is -0.0914. The van der Waals surface area contributed by atoms with E-state index in [4.69, 9.17) is 0 Å². The molecule has 0 aliphatic heterocycles. The standard InChI is InChI=1S/C14H19NO4/c16-9-14(5-1-2-6-14)8-15-13(19)11-4-3-10(17)7-12(11)18/h3-4,7,16-18H,1-2,5-6,8-9H2,(H,15,19). The van der Waals surface area contributed by atoms with Crippen LogP contribution in [-0.2, 0) is 0 Å². The quantitative estimate of drug-likeness (QED) is 0.662. The van der Waals surface area contributed by atoms with Crippen LogP contribution in [0.15, 0.2) is 18.2 Å². The van der Waals surface area contributed by atoms with E-state index in [1.165, 1.54) is 12.1 Å². The fourth-order valence-corrected chi connectivity index (χ4v) is 2.59. The van der Waals surface area contributed by atoms with Gasteiger partial charge in [-0.2, -0.15) is 0 Å². The van der Waals surface area contributed by atoms with Gasteiger partial charge in [-0.1, -0.05) is 12.8 Å². The molecule has 2 rings (SSSR count). The number of carbonyl (C=O) groups excluding carboxylic acids is 1. The van der Waals surface area contributed by atoms with Gasteiger partial charge in [0.05, 0.1) is 12.2 Å². The van der Waals surface area contributed by atoms with Crippen molar-refractivity contribution in [2.45, 2.75) is 25.7 Å². The van der Waals surface area contributed by atoms with Crippen LogP contribution in [0.25, 0.3) is 0 Å². The zero-order valence-electron chi connectivity index (χ0n) is 10.7. The van der Waals surface area contributed by atoms with E-state index < -0.39 is 5.91 Å². The number of aliphatic hydroxyl groups is 1. The number of phenolic OH excluding ortho intramolecular Hbond substituents is 2. The number of hydrogen-bond donors (Lipinski definition) is 4. The topological polar surface area (TPSA) is 89.8 Å². The van der Waals surface area contributed by atoms with Gasteiger partial charge in [-0.25, -0.2) is 0 Å². The van der Waals surface area contributed by atoms with Gasteiger partial charge >= 0.3 is 0 Å². The molecule has 5 heteroatoms. The molecule has 0 aromatic heterocycles. The second-order valence-electron chi connectivity index (χ2n) is 5.25. The summed E-state index contributed by atoms with van der Waals surface area (Å²) in [7, 11) is 0. The molecular weight excluding hydrogens is 246 g/mol. The minimum Gasteiger partial charge on any atom is -0.508 e. The van der Waals surface area contributed by atoms with Crippen LogP contribution < -0.4 is 5.32 Å². The van der Waals surface area contributed by atoms with Crippen LogP contribution in [0, 0.1) is 5.41 Å². The number of aliphatic hydroxyl groups excluding tert-OH is 1. The molecule has 0 unspecified atom stereocenters. The second kappa shape index (κ2) is 5.48. The number of nitrogens with one attached hydrogen (secondary N) is 1. The molecule has 0 bridgehead atoms. The first-order valence-electron chi connectivity index (χ1n) is 6.47. The molecular formula is C14H19NO4. The Hall–Kier alpha value is -1.75. The predicted molar refractivity (Wildman–Crippen MR) is 70.1 cm³/mol. The third-order valence-electron chi connectivity index (χ3n) is 3.85. The Kier molecular flexibility index (Phi) is 3.95. The summed E-state index contributed by atoms with van der Waals surface area (Å²) in [6.45, 7) is 0.470. The number of hydrogen-bond acceptors (Lipinski definition) is 4. The molecule has 19 heavy (non-hydrogen) atoms. The molecule has 1 saturated carbocycles. The molecule has 0 saturated heterocycles. The van der Waals surface area contributed by atoms with Crippen LogP contribution in [0.3, 0.4) is 0 Å². The van der Waals surface area contributed by atoms with Gasteiger partial charge in [0.1, 0.15) is 11.5 Å². The first-order chi connectivity index (χ1) is 9.06. The number of aromatic hydroxyl groups is 2. The van der Waals surface area contributed by atoms with E-state index in [1.54, 1.807) is 0 Å². The Labute approximate surface area is 111 Å². The van der Waals surface area contributed by atoms with E-state index in [0.717, 1.165) is 31.7 Å². The van der Waals surface area contributed by atoms with E-state index in [2.05, 4.69) is 5.32 Å². The average Bonchev–Trinajstić information content (AvgIpc) is 2.85. The van der Waals surface area contributed by atoms with Gasteiger partial charge in [-0.3, -0.25) is 4.79 Å². The smallest absolute Gasteiger partial charge is 0.255 e. The first kappa shape index (κ1) is 13.7. The fourth-order valence-electron chi connectivity index (χ4n) is 2.59. The molecule has 0 radical (unpaired) electrons. The van der Waals surface area contributed by atoms with Crippen LogP contribution >= 0.6 is 0 Å². The van der Waals surface area contributed by atoms with E-state index in [-0.39, 0.29) is 29.1 Å². The summed E-state index contributed by atoms with van der Waals surface area (Å²) in [6, 6.07) is 3.86. The molecule has 1 aliphatic carbocycles. The van der Waals surface area contributed by atoms with Crippen LogP contribution in [0.4, 0.5) is 0 Å². The monoisotopic (exact) mass is 265 g/mol. The highest BCUT2D eigenvalue weighted by atomic mass is 16.3. The minimum absolute atomic E-state index is 0.0643. The lowest BCUT2D eigenvalue weighted by Crippen LogP contribution is -2.38. The highest BCUT2D eigenvalue weighted by Crippen LogP contribution is 2.37. The fraction of sp³-hybridized carbons (Fsp3) is 0.500. The maximum absolute atomic E-state index is 12.0. The van der Waals surface area contributed by atoms with E-state index in [9.17, 15) is 20.1 Å². The van der Waals surface area contributed by atoms with Gasteiger partial charge in [0, 0.05) is 18.0 Å². The summed E-state index contributed by atoms with van der Waals surface area (Å²) in [5, 5.41) is 31.0. The molecule has 1 aromatic rings. The highest BCUT2D eigenvalue weighted by molar-refractivity contribution is 5.97. The largest absolute Gasteiger partial charge is 0.508 e. The zero-order chi connectivity index (χ0) is 13.9. The van der Waals surface area contributed by atoms with E-state index in [1.807, 2.05) is 0 Å². The van der Waals surface area contributed by atoms with Gasteiger partial charge in [0.25, 0.3) is 5.91 Å². The molecule has 0 heterocycles.